The molecule has 0 aromatic heterocycles. The van der Waals surface area contributed by atoms with Crippen LogP contribution in [-0.2, 0) is 10.8 Å². The molecule has 0 N–H and O–H groups in total. The Morgan fingerprint density at radius 3 is 0.935 bits per heavy atom. The lowest BCUT2D eigenvalue weighted by molar-refractivity contribution is 0.631. The average molecular weight is 599 g/mol. The normalized spacial score (nSPS) is 15.0. The SMILES string of the molecule is CC.CC1(C)c2ccccc2N(c2cccc(-c3cccc(N4c5ccccc5C(C)(C)c5ccccc54)c3)c2)c2ccccc21. The number of fused-ring (bicyclic) bond motifs is 4. The third-order valence-corrected chi connectivity index (χ3v) is 9.82. The van der Waals surface area contributed by atoms with Gasteiger partial charge in [0.1, 0.15) is 0 Å². The smallest absolute Gasteiger partial charge is 0.0502 e. The van der Waals surface area contributed by atoms with Crippen LogP contribution in [0.5, 0.6) is 0 Å². The van der Waals surface area contributed by atoms with Gasteiger partial charge in [0.15, 0.2) is 0 Å². The second-order valence-corrected chi connectivity index (χ2v) is 13.1. The molecule has 6 aromatic rings. The molecule has 46 heavy (non-hydrogen) atoms. The Bertz CT molecular complexity index is 1800. The van der Waals surface area contributed by atoms with E-state index in [4.69, 9.17) is 0 Å². The Balaban J connectivity index is 0.00000166. The maximum atomic E-state index is 2.43. The zero-order valence-electron chi connectivity index (χ0n) is 27.8. The fraction of sp³-hybridized carbons (Fsp3) is 0.182. The highest BCUT2D eigenvalue weighted by Crippen LogP contribution is 2.53. The van der Waals surface area contributed by atoms with Crippen molar-refractivity contribution < 1.29 is 0 Å². The molecule has 2 heterocycles. The van der Waals surface area contributed by atoms with Gasteiger partial charge in [0, 0.05) is 22.2 Å². The summed E-state index contributed by atoms with van der Waals surface area (Å²) in [6, 6.07) is 53.4. The van der Waals surface area contributed by atoms with Gasteiger partial charge in [0.25, 0.3) is 0 Å². The maximum Gasteiger partial charge on any atom is 0.0502 e. The van der Waals surface area contributed by atoms with Crippen molar-refractivity contribution in [2.45, 2.75) is 52.4 Å². The molecule has 0 bridgehead atoms. The lowest BCUT2D eigenvalue weighted by atomic mass is 9.73. The highest BCUT2D eigenvalue weighted by atomic mass is 15.2. The molecule has 2 aliphatic heterocycles. The van der Waals surface area contributed by atoms with E-state index in [1.54, 1.807) is 0 Å². The zero-order chi connectivity index (χ0) is 32.1. The number of hydrogen-bond donors (Lipinski definition) is 0. The quantitative estimate of drug-likeness (QED) is 0.200. The topological polar surface area (TPSA) is 6.48 Å². The number of anilines is 6. The van der Waals surface area contributed by atoms with Gasteiger partial charge in [-0.2, -0.15) is 0 Å². The molecular formula is C44H42N2. The molecule has 228 valence electrons. The van der Waals surface area contributed by atoms with Crippen molar-refractivity contribution in [3.63, 3.8) is 0 Å². The summed E-state index contributed by atoms with van der Waals surface area (Å²) < 4.78 is 0. The first-order valence-corrected chi connectivity index (χ1v) is 16.5. The fourth-order valence-corrected chi connectivity index (χ4v) is 7.54. The van der Waals surface area contributed by atoms with Gasteiger partial charge in [-0.1, -0.05) is 139 Å². The largest absolute Gasteiger partial charge is 0.310 e. The molecule has 0 amide bonds. The first-order chi connectivity index (χ1) is 22.4. The molecule has 8 rings (SSSR count). The predicted octanol–water partition coefficient (Wildman–Crippen LogP) is 12.6. The van der Waals surface area contributed by atoms with Crippen molar-refractivity contribution in [3.05, 3.63) is 168 Å². The van der Waals surface area contributed by atoms with Crippen LogP contribution in [0.2, 0.25) is 0 Å². The molecule has 0 spiro atoms. The van der Waals surface area contributed by atoms with E-state index >= 15 is 0 Å². The number of hydrogen-bond acceptors (Lipinski definition) is 2. The molecule has 0 unspecified atom stereocenters. The molecule has 0 atom stereocenters. The van der Waals surface area contributed by atoms with E-state index in [0.717, 1.165) is 0 Å². The molecule has 2 heteroatoms. The molecule has 0 fully saturated rings. The van der Waals surface area contributed by atoms with Crippen LogP contribution in [-0.4, -0.2) is 0 Å². The van der Waals surface area contributed by atoms with Crippen LogP contribution in [0.4, 0.5) is 34.1 Å². The molecule has 6 aromatic carbocycles. The van der Waals surface area contributed by atoms with Crippen LogP contribution in [0, 0.1) is 0 Å². The standard InChI is InChI=1S/C42H36N2.C2H6/c1-41(2)33-19-5-9-23-37(33)43(38-24-10-6-20-34(38)41)31-17-13-15-29(27-31)30-16-14-18-32(28-30)44-39-25-11-7-21-35(39)42(3,4)36-22-8-12-26-40(36)44;1-2/h5-28H,1-4H3;1-2H3. The minimum Gasteiger partial charge on any atom is -0.310 e. The highest BCUT2D eigenvalue weighted by Gasteiger charge is 2.37. The molecular weight excluding hydrogens is 556 g/mol. The molecule has 2 aliphatic rings. The molecule has 0 saturated carbocycles. The van der Waals surface area contributed by atoms with E-state index in [2.05, 4.69) is 183 Å². The van der Waals surface area contributed by atoms with Crippen molar-refractivity contribution in [1.29, 1.82) is 0 Å². The number of para-hydroxylation sites is 4. The van der Waals surface area contributed by atoms with Gasteiger partial charge in [0.2, 0.25) is 0 Å². The van der Waals surface area contributed by atoms with Gasteiger partial charge in [0.05, 0.1) is 22.7 Å². The van der Waals surface area contributed by atoms with Gasteiger partial charge in [-0.15, -0.1) is 0 Å². The molecule has 0 saturated heterocycles. The van der Waals surface area contributed by atoms with Crippen LogP contribution in [0.1, 0.15) is 63.8 Å². The summed E-state index contributed by atoms with van der Waals surface area (Å²) in [6.45, 7) is 13.3. The van der Waals surface area contributed by atoms with E-state index in [9.17, 15) is 0 Å². The highest BCUT2D eigenvalue weighted by molar-refractivity contribution is 5.89. The van der Waals surface area contributed by atoms with Crippen LogP contribution in [0.15, 0.2) is 146 Å². The van der Waals surface area contributed by atoms with Gasteiger partial charge in [-0.05, 0) is 81.9 Å². The molecule has 0 aliphatic carbocycles. The molecule has 2 nitrogen and oxygen atoms in total. The van der Waals surface area contributed by atoms with Gasteiger partial charge < -0.3 is 9.80 Å². The summed E-state index contributed by atoms with van der Waals surface area (Å²) in [7, 11) is 0. The Morgan fingerprint density at radius 1 is 0.348 bits per heavy atom. The van der Waals surface area contributed by atoms with E-state index < -0.39 is 0 Å². The summed E-state index contributed by atoms with van der Waals surface area (Å²) in [4.78, 5) is 4.87. The van der Waals surface area contributed by atoms with Crippen molar-refractivity contribution >= 4 is 34.1 Å². The average Bonchev–Trinajstić information content (AvgIpc) is 3.10. The summed E-state index contributed by atoms with van der Waals surface area (Å²) in [5.74, 6) is 0. The lowest BCUT2D eigenvalue weighted by Crippen LogP contribution is -2.30. The summed E-state index contributed by atoms with van der Waals surface area (Å²) in [5, 5.41) is 0. The van der Waals surface area contributed by atoms with Crippen LogP contribution >= 0.6 is 0 Å². The molecule has 0 radical (unpaired) electrons. The second-order valence-electron chi connectivity index (χ2n) is 13.1. The second kappa shape index (κ2) is 11.4. The Labute approximate surface area is 274 Å². The van der Waals surface area contributed by atoms with Gasteiger partial charge in [-0.3, -0.25) is 0 Å². The summed E-state index contributed by atoms with van der Waals surface area (Å²) in [6.07, 6.45) is 0. The Hall–Kier alpha value is -5.08. The van der Waals surface area contributed by atoms with E-state index in [0.29, 0.717) is 0 Å². The fourth-order valence-electron chi connectivity index (χ4n) is 7.54. The lowest BCUT2D eigenvalue weighted by Gasteiger charge is -2.42. The Morgan fingerprint density at radius 2 is 0.630 bits per heavy atom. The minimum atomic E-state index is -0.0782. The van der Waals surface area contributed by atoms with Crippen molar-refractivity contribution in [1.82, 2.24) is 0 Å². The van der Waals surface area contributed by atoms with E-state index in [-0.39, 0.29) is 10.8 Å². The van der Waals surface area contributed by atoms with Crippen LogP contribution in [0.25, 0.3) is 11.1 Å². The number of rotatable bonds is 3. The van der Waals surface area contributed by atoms with E-state index in [1.165, 1.54) is 67.5 Å². The number of benzene rings is 6. The monoisotopic (exact) mass is 598 g/mol. The summed E-state index contributed by atoms with van der Waals surface area (Å²) >= 11 is 0. The van der Waals surface area contributed by atoms with Crippen LogP contribution in [0.3, 0.4) is 0 Å². The van der Waals surface area contributed by atoms with E-state index in [1.807, 2.05) is 13.8 Å². The van der Waals surface area contributed by atoms with Crippen molar-refractivity contribution in [2.75, 3.05) is 9.80 Å². The summed E-state index contributed by atoms with van der Waals surface area (Å²) in [5.41, 5.74) is 14.9. The third-order valence-electron chi connectivity index (χ3n) is 9.82. The number of nitrogens with zero attached hydrogens (tertiary/aromatic N) is 2. The minimum absolute atomic E-state index is 0.0782. The van der Waals surface area contributed by atoms with Gasteiger partial charge >= 0.3 is 0 Å². The van der Waals surface area contributed by atoms with Gasteiger partial charge in [-0.25, -0.2) is 0 Å². The van der Waals surface area contributed by atoms with Crippen LogP contribution < -0.4 is 9.80 Å². The van der Waals surface area contributed by atoms with Crippen molar-refractivity contribution in [3.8, 4) is 11.1 Å². The Kier molecular flexibility index (Phi) is 7.32. The predicted molar refractivity (Wildman–Crippen MR) is 197 cm³/mol. The third kappa shape index (κ3) is 4.55. The maximum absolute atomic E-state index is 2.43. The zero-order valence-corrected chi connectivity index (χ0v) is 27.8. The van der Waals surface area contributed by atoms with Crippen molar-refractivity contribution in [2.24, 2.45) is 0 Å². The first-order valence-electron chi connectivity index (χ1n) is 16.5. The first kappa shape index (κ1) is 29.6.